The van der Waals surface area contributed by atoms with Crippen molar-refractivity contribution in [3.8, 4) is 28.4 Å². The molecule has 5 aromatic heterocycles. The van der Waals surface area contributed by atoms with Crippen LogP contribution in [-0.2, 0) is 5.41 Å². The van der Waals surface area contributed by atoms with E-state index in [1.807, 2.05) is 30.6 Å². The van der Waals surface area contributed by atoms with Crippen LogP contribution >= 0.6 is 0 Å². The molecule has 6 nitrogen and oxygen atoms in total. The van der Waals surface area contributed by atoms with Crippen LogP contribution in [0.5, 0.6) is 11.5 Å². The van der Waals surface area contributed by atoms with Gasteiger partial charge in [-0.05, 0) is 83.3 Å². The van der Waals surface area contributed by atoms with E-state index in [0.717, 1.165) is 72.3 Å². The molecule has 12 rings (SSSR count). The number of para-hydroxylation sites is 1. The number of imidazole rings is 1. The minimum absolute atomic E-state index is 0.599. The van der Waals surface area contributed by atoms with Gasteiger partial charge in [-0.25, -0.2) is 9.97 Å². The van der Waals surface area contributed by atoms with Crippen molar-refractivity contribution < 1.29 is 4.74 Å². The molecule has 0 N–H and O–H groups in total. The van der Waals surface area contributed by atoms with E-state index < -0.39 is 5.41 Å². The van der Waals surface area contributed by atoms with E-state index >= 15 is 0 Å². The molecule has 0 fully saturated rings. The van der Waals surface area contributed by atoms with Crippen molar-refractivity contribution in [1.82, 2.24) is 23.9 Å². The average Bonchev–Trinajstić information content (AvgIpc) is 3.87. The molecule has 0 aliphatic carbocycles. The lowest BCUT2D eigenvalue weighted by atomic mass is 9.63. The van der Waals surface area contributed by atoms with Crippen LogP contribution in [0.3, 0.4) is 0 Å². The SMILES string of the molecule is Cc1ccccc1-c1cn2c3cccnc3c3ccc(Oc4ccc5c(c4)-n4c6ncccc6c6cccc(c64)C5(c4ccccc4)c4ccccc4)cc3c2n1. The highest BCUT2D eigenvalue weighted by molar-refractivity contribution is 6.12. The number of pyridine rings is 3. The Kier molecular flexibility index (Phi) is 6.66. The van der Waals surface area contributed by atoms with Crippen LogP contribution in [0.15, 0.2) is 182 Å². The fraction of sp³-hybridized carbons (Fsp3) is 0.0392. The van der Waals surface area contributed by atoms with Gasteiger partial charge in [0, 0.05) is 51.8 Å². The molecule has 0 unspecified atom stereocenters. The number of aromatic nitrogens is 5. The van der Waals surface area contributed by atoms with Gasteiger partial charge in [0.15, 0.2) is 0 Å². The van der Waals surface area contributed by atoms with E-state index in [1.54, 1.807) is 0 Å². The minimum Gasteiger partial charge on any atom is -0.457 e. The molecule has 268 valence electrons. The maximum atomic E-state index is 6.88. The molecule has 0 bridgehead atoms. The Morgan fingerprint density at radius 3 is 2.09 bits per heavy atom. The molecule has 6 aromatic carbocycles. The Morgan fingerprint density at radius 1 is 0.544 bits per heavy atom. The fourth-order valence-corrected chi connectivity index (χ4v) is 9.47. The first-order valence-electron chi connectivity index (χ1n) is 19.3. The summed E-state index contributed by atoms with van der Waals surface area (Å²) in [7, 11) is 0. The zero-order valence-corrected chi connectivity index (χ0v) is 31.0. The van der Waals surface area contributed by atoms with Crippen molar-refractivity contribution in [1.29, 1.82) is 0 Å². The van der Waals surface area contributed by atoms with Crippen LogP contribution in [0.1, 0.15) is 27.8 Å². The summed E-state index contributed by atoms with van der Waals surface area (Å²) in [5.41, 5.74) is 13.3. The standard InChI is InChI=1S/C51H33N5O/c1-32-13-8-9-18-37(32)44-31-55-45-22-12-27-52-47(45)38-25-23-35(29-41(38)50(55)54-44)57-36-24-26-42-46(30-36)56-48-39(40-20-11-28-53-49(40)56)19-10-21-43(48)51(42,33-14-4-2-5-15-33)34-16-6-3-7-17-34/h2-31H,1H3. The first-order valence-corrected chi connectivity index (χ1v) is 19.3. The van der Waals surface area contributed by atoms with Crippen molar-refractivity contribution in [3.05, 3.63) is 210 Å². The number of hydrogen-bond acceptors (Lipinski definition) is 4. The predicted molar refractivity (Wildman–Crippen MR) is 229 cm³/mol. The van der Waals surface area contributed by atoms with Crippen molar-refractivity contribution in [3.63, 3.8) is 0 Å². The van der Waals surface area contributed by atoms with Crippen molar-refractivity contribution in [2.75, 3.05) is 0 Å². The average molecular weight is 732 g/mol. The van der Waals surface area contributed by atoms with Crippen molar-refractivity contribution in [2.45, 2.75) is 12.3 Å². The van der Waals surface area contributed by atoms with Gasteiger partial charge in [-0.15, -0.1) is 0 Å². The summed E-state index contributed by atoms with van der Waals surface area (Å²) in [5, 5.41) is 4.29. The Bertz CT molecular complexity index is 3360. The lowest BCUT2D eigenvalue weighted by Gasteiger charge is -2.41. The minimum atomic E-state index is -0.599. The maximum absolute atomic E-state index is 6.88. The summed E-state index contributed by atoms with van der Waals surface area (Å²) < 4.78 is 11.4. The lowest BCUT2D eigenvalue weighted by Crippen LogP contribution is -2.35. The third-order valence-electron chi connectivity index (χ3n) is 11.9. The third-order valence-corrected chi connectivity index (χ3v) is 11.9. The van der Waals surface area contributed by atoms with Crippen LogP contribution in [0.25, 0.3) is 66.3 Å². The molecule has 57 heavy (non-hydrogen) atoms. The Morgan fingerprint density at radius 2 is 1.26 bits per heavy atom. The van der Waals surface area contributed by atoms with Gasteiger partial charge in [0.25, 0.3) is 0 Å². The van der Waals surface area contributed by atoms with E-state index in [-0.39, 0.29) is 0 Å². The number of fused-ring (bicyclic) bond motifs is 11. The number of benzene rings is 6. The summed E-state index contributed by atoms with van der Waals surface area (Å²) in [6.45, 7) is 2.13. The smallest absolute Gasteiger partial charge is 0.146 e. The van der Waals surface area contributed by atoms with Crippen molar-refractivity contribution in [2.24, 2.45) is 0 Å². The summed E-state index contributed by atoms with van der Waals surface area (Å²) in [5.74, 6) is 1.45. The topological polar surface area (TPSA) is 57.2 Å². The summed E-state index contributed by atoms with van der Waals surface area (Å²) >= 11 is 0. The quantitative estimate of drug-likeness (QED) is 0.165. The van der Waals surface area contributed by atoms with Gasteiger partial charge in [0.1, 0.15) is 22.8 Å². The Balaban J connectivity index is 1.09. The number of nitrogens with zero attached hydrogens (tertiary/aromatic N) is 5. The highest BCUT2D eigenvalue weighted by Gasteiger charge is 2.45. The number of ether oxygens (including phenoxy) is 1. The fourth-order valence-electron chi connectivity index (χ4n) is 9.47. The van der Waals surface area contributed by atoms with E-state index in [4.69, 9.17) is 19.7 Å². The molecule has 1 aliphatic rings. The van der Waals surface area contributed by atoms with E-state index in [1.165, 1.54) is 27.6 Å². The zero-order valence-electron chi connectivity index (χ0n) is 31.0. The zero-order chi connectivity index (χ0) is 37.7. The molecule has 0 radical (unpaired) electrons. The molecule has 0 spiro atoms. The van der Waals surface area contributed by atoms with Gasteiger partial charge in [0.05, 0.1) is 33.3 Å². The highest BCUT2D eigenvalue weighted by atomic mass is 16.5. The molecular formula is C51H33N5O. The lowest BCUT2D eigenvalue weighted by molar-refractivity contribution is 0.482. The number of hydrogen-bond donors (Lipinski definition) is 0. The molecule has 0 amide bonds. The molecule has 6 heteroatoms. The Hall–Kier alpha value is -7.57. The van der Waals surface area contributed by atoms with Gasteiger partial charge in [-0.1, -0.05) is 109 Å². The molecule has 0 atom stereocenters. The molecule has 0 saturated heterocycles. The maximum Gasteiger partial charge on any atom is 0.146 e. The first kappa shape index (κ1) is 31.7. The monoisotopic (exact) mass is 731 g/mol. The Labute approximate surface area is 327 Å². The van der Waals surface area contributed by atoms with Crippen LogP contribution in [-0.4, -0.2) is 23.9 Å². The summed E-state index contributed by atoms with van der Waals surface area (Å²) in [6.07, 6.45) is 5.86. The normalized spacial score (nSPS) is 13.1. The summed E-state index contributed by atoms with van der Waals surface area (Å²) in [6, 6.07) is 57.9. The van der Waals surface area contributed by atoms with E-state index in [9.17, 15) is 0 Å². The van der Waals surface area contributed by atoms with Gasteiger partial charge in [-0.3, -0.25) is 14.0 Å². The van der Waals surface area contributed by atoms with Crippen LogP contribution in [0, 0.1) is 6.92 Å². The molecule has 1 aliphatic heterocycles. The number of aryl methyl sites for hydroxylation is 1. The second-order valence-electron chi connectivity index (χ2n) is 14.9. The van der Waals surface area contributed by atoms with Crippen LogP contribution in [0.4, 0.5) is 0 Å². The molecular weight excluding hydrogens is 699 g/mol. The van der Waals surface area contributed by atoms with E-state index in [2.05, 4.69) is 168 Å². The molecule has 6 heterocycles. The number of rotatable bonds is 5. The summed E-state index contributed by atoms with van der Waals surface area (Å²) in [4.78, 5) is 15.1. The predicted octanol–water partition coefficient (Wildman–Crippen LogP) is 12.0. The highest BCUT2D eigenvalue weighted by Crippen LogP contribution is 2.54. The van der Waals surface area contributed by atoms with Gasteiger partial charge >= 0.3 is 0 Å². The molecule has 0 saturated carbocycles. The first-order chi connectivity index (χ1) is 28.2. The van der Waals surface area contributed by atoms with E-state index in [0.29, 0.717) is 5.75 Å². The largest absolute Gasteiger partial charge is 0.457 e. The molecule has 11 aromatic rings. The van der Waals surface area contributed by atoms with Gasteiger partial charge in [-0.2, -0.15) is 0 Å². The van der Waals surface area contributed by atoms with Crippen LogP contribution in [0.2, 0.25) is 0 Å². The second-order valence-corrected chi connectivity index (χ2v) is 14.9. The van der Waals surface area contributed by atoms with Crippen LogP contribution < -0.4 is 4.74 Å². The van der Waals surface area contributed by atoms with Gasteiger partial charge < -0.3 is 4.74 Å². The van der Waals surface area contributed by atoms with Gasteiger partial charge in [0.2, 0.25) is 0 Å². The third kappa shape index (κ3) is 4.43. The second kappa shape index (κ2) is 12.0. The van der Waals surface area contributed by atoms with Crippen molar-refractivity contribution >= 4 is 49.4 Å².